The summed E-state index contributed by atoms with van der Waals surface area (Å²) in [5.74, 6) is -0.204. The van der Waals surface area contributed by atoms with Crippen LogP contribution in [0.3, 0.4) is 0 Å². The molecule has 0 saturated carbocycles. The third-order valence-corrected chi connectivity index (χ3v) is 2.02. The van der Waals surface area contributed by atoms with E-state index in [2.05, 4.69) is 46.9 Å². The fraction of sp³-hybridized carbons (Fsp3) is 0.933. The molecule has 18 heavy (non-hydrogen) atoms. The predicted molar refractivity (Wildman–Crippen MR) is 82.6 cm³/mol. The van der Waals surface area contributed by atoms with Crippen molar-refractivity contribution in [1.82, 2.24) is 5.32 Å². The van der Waals surface area contributed by atoms with Gasteiger partial charge in [-0.2, -0.15) is 0 Å². The summed E-state index contributed by atoms with van der Waals surface area (Å²) in [5, 5.41) is 2.93. The summed E-state index contributed by atoms with van der Waals surface area (Å²) in [6.45, 7) is 17.8. The molecule has 0 rings (SSSR count). The fourth-order valence-electron chi connectivity index (χ4n) is 1.97. The van der Waals surface area contributed by atoms with Gasteiger partial charge >= 0.3 is 0 Å². The Kier molecular flexibility index (Phi) is 14.5. The minimum Gasteiger partial charge on any atom is -0.370 e. The molecule has 0 aromatic heterocycles. The van der Waals surface area contributed by atoms with Crippen LogP contribution in [-0.2, 0) is 4.79 Å². The summed E-state index contributed by atoms with van der Waals surface area (Å²) in [7, 11) is 1.93. The SMILES string of the molecule is CC.CC(C)(C)CC(C)(C)CC(N)=O.CCNC. The summed E-state index contributed by atoms with van der Waals surface area (Å²) >= 11 is 0. The van der Waals surface area contributed by atoms with E-state index in [0.29, 0.717) is 6.42 Å². The number of rotatable bonds is 4. The first-order chi connectivity index (χ1) is 8.04. The normalized spacial score (nSPS) is 10.7. The Morgan fingerprint density at radius 3 is 1.61 bits per heavy atom. The molecule has 0 unspecified atom stereocenters. The van der Waals surface area contributed by atoms with E-state index >= 15 is 0 Å². The highest BCUT2D eigenvalue weighted by Gasteiger charge is 2.26. The molecule has 0 aliphatic carbocycles. The smallest absolute Gasteiger partial charge is 0.217 e. The van der Waals surface area contributed by atoms with Crippen LogP contribution in [0.2, 0.25) is 0 Å². The third kappa shape index (κ3) is 24.6. The molecule has 0 radical (unpaired) electrons. The summed E-state index contributed by atoms with van der Waals surface area (Å²) in [6, 6.07) is 0. The highest BCUT2D eigenvalue weighted by atomic mass is 16.1. The minimum atomic E-state index is -0.204. The van der Waals surface area contributed by atoms with Crippen LogP contribution in [0.5, 0.6) is 0 Å². The summed E-state index contributed by atoms with van der Waals surface area (Å²) in [4.78, 5) is 10.7. The number of primary amides is 1. The maximum Gasteiger partial charge on any atom is 0.217 e. The van der Waals surface area contributed by atoms with Gasteiger partial charge in [0.15, 0.2) is 0 Å². The zero-order valence-electron chi connectivity index (χ0n) is 14.1. The van der Waals surface area contributed by atoms with Crippen molar-refractivity contribution < 1.29 is 4.79 Å². The number of amides is 1. The van der Waals surface area contributed by atoms with Gasteiger partial charge in [0.2, 0.25) is 5.91 Å². The highest BCUT2D eigenvalue weighted by Crippen LogP contribution is 2.35. The quantitative estimate of drug-likeness (QED) is 0.812. The molecule has 0 spiro atoms. The number of carbonyl (C=O) groups excluding carboxylic acids is 1. The second-order valence-corrected chi connectivity index (χ2v) is 6.25. The van der Waals surface area contributed by atoms with Crippen molar-refractivity contribution in [2.24, 2.45) is 16.6 Å². The summed E-state index contributed by atoms with van der Waals surface area (Å²) in [5.41, 5.74) is 5.45. The highest BCUT2D eigenvalue weighted by molar-refractivity contribution is 5.74. The monoisotopic (exact) mass is 260 g/mol. The lowest BCUT2D eigenvalue weighted by atomic mass is 9.74. The summed E-state index contributed by atoms with van der Waals surface area (Å²) < 4.78 is 0. The first-order valence-corrected chi connectivity index (χ1v) is 6.97. The molecule has 0 aromatic carbocycles. The van der Waals surface area contributed by atoms with Crippen LogP contribution in [-0.4, -0.2) is 19.5 Å². The van der Waals surface area contributed by atoms with Crippen LogP contribution < -0.4 is 11.1 Å². The van der Waals surface area contributed by atoms with Gasteiger partial charge in [-0.15, -0.1) is 0 Å². The standard InChI is InChI=1S/C10H21NO.C3H9N.C2H6/c1-9(2,3)7-10(4,5)6-8(11)12;1-3-4-2;1-2/h6-7H2,1-5H3,(H2,11,12);4H,3H2,1-2H3;1-2H3. The van der Waals surface area contributed by atoms with Gasteiger partial charge in [-0.1, -0.05) is 55.4 Å². The molecule has 0 heterocycles. The average Bonchev–Trinajstić information content (AvgIpc) is 2.15. The van der Waals surface area contributed by atoms with Gasteiger partial charge in [0.1, 0.15) is 0 Å². The lowest BCUT2D eigenvalue weighted by molar-refractivity contribution is -0.120. The van der Waals surface area contributed by atoms with E-state index < -0.39 is 0 Å². The molecule has 0 aliphatic rings. The van der Waals surface area contributed by atoms with Gasteiger partial charge in [0.05, 0.1) is 0 Å². The van der Waals surface area contributed by atoms with E-state index in [0.717, 1.165) is 13.0 Å². The minimum absolute atomic E-state index is 0.0318. The van der Waals surface area contributed by atoms with E-state index in [1.54, 1.807) is 0 Å². The number of nitrogens with two attached hydrogens (primary N) is 1. The van der Waals surface area contributed by atoms with Crippen molar-refractivity contribution in [2.75, 3.05) is 13.6 Å². The zero-order valence-corrected chi connectivity index (χ0v) is 14.1. The fourth-order valence-corrected chi connectivity index (χ4v) is 1.97. The topological polar surface area (TPSA) is 55.1 Å². The molecule has 1 amide bonds. The molecular formula is C15H36N2O. The lowest BCUT2D eigenvalue weighted by Gasteiger charge is -2.31. The van der Waals surface area contributed by atoms with Crippen LogP contribution in [0.15, 0.2) is 0 Å². The molecule has 0 bridgehead atoms. The Hall–Kier alpha value is -0.570. The van der Waals surface area contributed by atoms with Gasteiger partial charge in [-0.25, -0.2) is 0 Å². The molecule has 3 N–H and O–H groups in total. The van der Waals surface area contributed by atoms with Crippen molar-refractivity contribution >= 4 is 5.91 Å². The van der Waals surface area contributed by atoms with E-state index in [1.165, 1.54) is 0 Å². The Labute approximate surface area is 115 Å². The lowest BCUT2D eigenvalue weighted by Crippen LogP contribution is -2.26. The Morgan fingerprint density at radius 1 is 1.11 bits per heavy atom. The van der Waals surface area contributed by atoms with Gasteiger partial charge < -0.3 is 11.1 Å². The first kappa shape index (κ1) is 22.6. The summed E-state index contributed by atoms with van der Waals surface area (Å²) in [6.07, 6.45) is 1.49. The number of carbonyl (C=O) groups is 1. The molecule has 0 saturated heterocycles. The Bertz CT molecular complexity index is 191. The Balaban J connectivity index is -0.000000317. The van der Waals surface area contributed by atoms with Crippen molar-refractivity contribution in [2.45, 2.75) is 68.2 Å². The molecule has 0 fully saturated rings. The van der Waals surface area contributed by atoms with E-state index in [1.807, 2.05) is 20.9 Å². The molecule has 0 aromatic rings. The van der Waals surface area contributed by atoms with Crippen LogP contribution in [0, 0.1) is 10.8 Å². The molecular weight excluding hydrogens is 224 g/mol. The van der Waals surface area contributed by atoms with Crippen molar-refractivity contribution in [1.29, 1.82) is 0 Å². The second-order valence-electron chi connectivity index (χ2n) is 6.25. The molecule has 0 aliphatic heterocycles. The van der Waals surface area contributed by atoms with Gasteiger partial charge in [0, 0.05) is 6.42 Å². The molecule has 3 heteroatoms. The van der Waals surface area contributed by atoms with Crippen LogP contribution in [0.1, 0.15) is 68.2 Å². The third-order valence-electron chi connectivity index (χ3n) is 2.02. The Morgan fingerprint density at radius 2 is 1.44 bits per heavy atom. The van der Waals surface area contributed by atoms with E-state index in [-0.39, 0.29) is 16.7 Å². The molecule has 3 nitrogen and oxygen atoms in total. The second kappa shape index (κ2) is 11.5. The van der Waals surface area contributed by atoms with Crippen LogP contribution in [0.25, 0.3) is 0 Å². The van der Waals surface area contributed by atoms with Crippen molar-refractivity contribution in [3.63, 3.8) is 0 Å². The number of hydrogen-bond acceptors (Lipinski definition) is 2. The maximum absolute atomic E-state index is 10.7. The van der Waals surface area contributed by atoms with Gasteiger partial charge in [-0.3, -0.25) is 4.79 Å². The van der Waals surface area contributed by atoms with Crippen molar-refractivity contribution in [3.8, 4) is 0 Å². The van der Waals surface area contributed by atoms with Gasteiger partial charge in [0.25, 0.3) is 0 Å². The van der Waals surface area contributed by atoms with Gasteiger partial charge in [-0.05, 0) is 30.8 Å². The predicted octanol–water partition coefficient (Wildman–Crippen LogP) is 3.58. The zero-order chi connectivity index (χ0) is 15.4. The largest absolute Gasteiger partial charge is 0.370 e. The number of hydrogen-bond donors (Lipinski definition) is 2. The van der Waals surface area contributed by atoms with Crippen LogP contribution in [0.4, 0.5) is 0 Å². The number of nitrogens with one attached hydrogen (secondary N) is 1. The van der Waals surface area contributed by atoms with Crippen molar-refractivity contribution in [3.05, 3.63) is 0 Å². The first-order valence-electron chi connectivity index (χ1n) is 6.97. The maximum atomic E-state index is 10.7. The van der Waals surface area contributed by atoms with Crippen LogP contribution >= 0.6 is 0 Å². The van der Waals surface area contributed by atoms with E-state index in [4.69, 9.17) is 5.73 Å². The average molecular weight is 260 g/mol. The molecule has 112 valence electrons. The molecule has 0 atom stereocenters. The van der Waals surface area contributed by atoms with E-state index in [9.17, 15) is 4.79 Å².